The van der Waals surface area contributed by atoms with Crippen LogP contribution in [-0.4, -0.2) is 0 Å². The molecule has 35 heavy (non-hydrogen) atoms. The number of furan rings is 2. The Balaban J connectivity index is 1.33. The van der Waals surface area contributed by atoms with E-state index in [0.29, 0.717) is 0 Å². The number of thioether (sulfide) groups is 4. The van der Waals surface area contributed by atoms with Crippen LogP contribution in [0.3, 0.4) is 0 Å². The fourth-order valence-electron chi connectivity index (χ4n) is 4.28. The zero-order valence-corrected chi connectivity index (χ0v) is 21.6. The van der Waals surface area contributed by atoms with Crippen LogP contribution in [0.15, 0.2) is 140 Å². The fraction of sp³-hybridized carbons (Fsp3) is 0.0345. The van der Waals surface area contributed by atoms with E-state index in [4.69, 9.17) is 8.83 Å². The minimum atomic E-state index is 0.192. The molecule has 3 aliphatic rings. The maximum atomic E-state index is 6.67. The van der Waals surface area contributed by atoms with Crippen molar-refractivity contribution in [2.75, 3.05) is 0 Å². The van der Waals surface area contributed by atoms with Crippen molar-refractivity contribution >= 4 is 58.2 Å². The molecule has 0 bridgehead atoms. The SMILES string of the molecule is C1=CC(C(=C2Sc3ccccc3S2)c2ccc(C(=C3Sc4ccccc4S3)c3ccco3)o2)C=C1. The van der Waals surface area contributed by atoms with Crippen LogP contribution in [0.5, 0.6) is 0 Å². The molecule has 0 radical (unpaired) electrons. The van der Waals surface area contributed by atoms with Crippen molar-refractivity contribution in [3.05, 3.63) is 129 Å². The van der Waals surface area contributed by atoms with Crippen molar-refractivity contribution in [2.24, 2.45) is 5.92 Å². The summed E-state index contributed by atoms with van der Waals surface area (Å²) in [7, 11) is 0. The van der Waals surface area contributed by atoms with Gasteiger partial charge < -0.3 is 8.83 Å². The van der Waals surface area contributed by atoms with Crippen molar-refractivity contribution in [1.29, 1.82) is 0 Å². The first kappa shape index (κ1) is 21.6. The average molecular weight is 527 g/mol. The quantitative estimate of drug-likeness (QED) is 0.263. The standard InChI is InChI=1S/C29H18O2S4/c1-2-9-18(8-1)26(28-32-22-11-3-4-12-23(22)33-28)20-15-16-21(31-20)27(19-10-7-17-30-19)29-34-24-13-5-6-14-25(24)35-29/h1-18H. The van der Waals surface area contributed by atoms with Gasteiger partial charge in [-0.1, -0.05) is 95.6 Å². The van der Waals surface area contributed by atoms with E-state index in [0.717, 1.165) is 22.9 Å². The summed E-state index contributed by atoms with van der Waals surface area (Å²) in [6, 6.07) is 25.2. The van der Waals surface area contributed by atoms with E-state index >= 15 is 0 Å². The number of allylic oxidation sites excluding steroid dienone is 5. The highest BCUT2D eigenvalue weighted by molar-refractivity contribution is 8.25. The lowest BCUT2D eigenvalue weighted by Crippen LogP contribution is -1.96. The Morgan fingerprint density at radius 3 is 1.71 bits per heavy atom. The molecule has 0 atom stereocenters. The number of hydrogen-bond donors (Lipinski definition) is 0. The minimum absolute atomic E-state index is 0.192. The zero-order chi connectivity index (χ0) is 23.2. The second-order valence-electron chi connectivity index (χ2n) is 8.10. The summed E-state index contributed by atoms with van der Waals surface area (Å²) in [5, 5.41) is 0. The summed E-state index contributed by atoms with van der Waals surface area (Å²) in [5.41, 5.74) is 2.22. The fourth-order valence-corrected chi connectivity index (χ4v) is 9.55. The number of benzene rings is 2. The maximum Gasteiger partial charge on any atom is 0.140 e. The molecule has 0 spiro atoms. The predicted octanol–water partition coefficient (Wildman–Crippen LogP) is 9.80. The molecule has 0 fully saturated rings. The van der Waals surface area contributed by atoms with Crippen LogP contribution in [0, 0.1) is 5.92 Å². The van der Waals surface area contributed by atoms with E-state index in [1.165, 1.54) is 33.6 Å². The Morgan fingerprint density at radius 1 is 0.571 bits per heavy atom. The van der Waals surface area contributed by atoms with E-state index in [2.05, 4.69) is 85.0 Å². The molecule has 170 valence electrons. The predicted molar refractivity (Wildman–Crippen MR) is 148 cm³/mol. The maximum absolute atomic E-state index is 6.67. The van der Waals surface area contributed by atoms with Crippen molar-refractivity contribution in [3.8, 4) is 0 Å². The van der Waals surface area contributed by atoms with Gasteiger partial charge in [-0.2, -0.15) is 0 Å². The van der Waals surface area contributed by atoms with Gasteiger partial charge in [0, 0.05) is 31.1 Å². The Kier molecular flexibility index (Phi) is 5.62. The third kappa shape index (κ3) is 3.99. The first-order valence-corrected chi connectivity index (χ1v) is 14.5. The highest BCUT2D eigenvalue weighted by Crippen LogP contribution is 2.57. The monoisotopic (exact) mass is 526 g/mol. The van der Waals surface area contributed by atoms with Crippen molar-refractivity contribution in [1.82, 2.24) is 0 Å². The first-order chi connectivity index (χ1) is 17.3. The smallest absolute Gasteiger partial charge is 0.140 e. The van der Waals surface area contributed by atoms with Gasteiger partial charge in [0.25, 0.3) is 0 Å². The third-order valence-electron chi connectivity index (χ3n) is 5.90. The summed E-state index contributed by atoms with van der Waals surface area (Å²) in [4.78, 5) is 5.14. The van der Waals surface area contributed by atoms with Crippen molar-refractivity contribution < 1.29 is 8.83 Å². The second-order valence-corrected chi connectivity index (χ2v) is 12.8. The molecule has 0 saturated heterocycles. The Bertz CT molecular complexity index is 1490. The number of rotatable bonds is 4. The molecule has 1 aliphatic carbocycles. The van der Waals surface area contributed by atoms with Crippen LogP contribution >= 0.6 is 47.0 Å². The molecule has 0 N–H and O–H groups in total. The minimum Gasteiger partial charge on any atom is -0.464 e. The van der Waals surface area contributed by atoms with Crippen molar-refractivity contribution in [2.45, 2.75) is 19.6 Å². The summed E-state index contributed by atoms with van der Waals surface area (Å²) < 4.78 is 15.0. The normalized spacial score (nSPS) is 16.2. The molecule has 7 rings (SSSR count). The van der Waals surface area contributed by atoms with Gasteiger partial charge in [0.1, 0.15) is 17.3 Å². The lowest BCUT2D eigenvalue weighted by Gasteiger charge is -2.13. The van der Waals surface area contributed by atoms with Gasteiger partial charge in [0.15, 0.2) is 0 Å². The summed E-state index contributed by atoms with van der Waals surface area (Å²) in [6.45, 7) is 0. The molecule has 0 amide bonds. The molecule has 2 aliphatic heterocycles. The van der Waals surface area contributed by atoms with Crippen LogP contribution in [0.4, 0.5) is 0 Å². The highest BCUT2D eigenvalue weighted by Gasteiger charge is 2.29. The Hall–Kier alpha value is -2.64. The van der Waals surface area contributed by atoms with Crippen LogP contribution in [0.2, 0.25) is 0 Å². The van der Waals surface area contributed by atoms with E-state index in [1.54, 1.807) is 29.8 Å². The Morgan fingerprint density at radius 2 is 1.14 bits per heavy atom. The highest BCUT2D eigenvalue weighted by atomic mass is 32.2. The van der Waals surface area contributed by atoms with Gasteiger partial charge in [0.2, 0.25) is 0 Å². The van der Waals surface area contributed by atoms with Gasteiger partial charge in [-0.25, -0.2) is 0 Å². The lowest BCUT2D eigenvalue weighted by atomic mass is 10.0. The molecule has 2 aromatic carbocycles. The van der Waals surface area contributed by atoms with Gasteiger partial charge in [0.05, 0.1) is 20.3 Å². The van der Waals surface area contributed by atoms with Gasteiger partial charge in [-0.3, -0.25) is 0 Å². The molecular weight excluding hydrogens is 509 g/mol. The molecule has 4 aromatic rings. The van der Waals surface area contributed by atoms with Crippen LogP contribution in [0.25, 0.3) is 11.1 Å². The first-order valence-electron chi connectivity index (χ1n) is 11.2. The van der Waals surface area contributed by atoms with Crippen LogP contribution in [0.1, 0.15) is 17.3 Å². The van der Waals surface area contributed by atoms with E-state index in [1.807, 2.05) is 35.7 Å². The largest absolute Gasteiger partial charge is 0.464 e. The zero-order valence-electron chi connectivity index (χ0n) is 18.3. The van der Waals surface area contributed by atoms with E-state index in [9.17, 15) is 0 Å². The van der Waals surface area contributed by atoms with Gasteiger partial charge >= 0.3 is 0 Å². The Labute approximate surface area is 220 Å². The lowest BCUT2D eigenvalue weighted by molar-refractivity contribution is 0.521. The molecular formula is C29H18O2S4. The summed E-state index contributed by atoms with van der Waals surface area (Å²) in [5.74, 6) is 2.74. The number of hydrogen-bond acceptors (Lipinski definition) is 6. The number of fused-ring (bicyclic) bond motifs is 2. The molecule has 0 unspecified atom stereocenters. The summed E-state index contributed by atoms with van der Waals surface area (Å²) >= 11 is 7.22. The molecule has 4 heterocycles. The van der Waals surface area contributed by atoms with Crippen molar-refractivity contribution in [3.63, 3.8) is 0 Å². The van der Waals surface area contributed by atoms with Crippen LogP contribution in [-0.2, 0) is 0 Å². The topological polar surface area (TPSA) is 26.3 Å². The molecule has 2 nitrogen and oxygen atoms in total. The van der Waals surface area contributed by atoms with Crippen LogP contribution < -0.4 is 0 Å². The third-order valence-corrected chi connectivity index (χ3v) is 11.1. The molecule has 0 saturated carbocycles. The second kappa shape index (κ2) is 9.10. The van der Waals surface area contributed by atoms with E-state index in [-0.39, 0.29) is 5.92 Å². The molecule has 6 heteroatoms. The van der Waals surface area contributed by atoms with Gasteiger partial charge in [-0.05, 0) is 48.5 Å². The van der Waals surface area contributed by atoms with E-state index < -0.39 is 0 Å². The van der Waals surface area contributed by atoms with Gasteiger partial charge in [-0.15, -0.1) is 0 Å². The summed E-state index contributed by atoms with van der Waals surface area (Å²) in [6.07, 6.45) is 10.4. The molecule has 2 aromatic heterocycles. The average Bonchev–Trinajstić information content (AvgIpc) is 3.71.